The summed E-state index contributed by atoms with van der Waals surface area (Å²) in [5, 5.41) is 16.7. The number of thiazole rings is 1. The molecule has 23 heavy (non-hydrogen) atoms. The maximum Gasteiger partial charge on any atom is 0.319 e. The largest absolute Gasteiger partial charge is 0.466 e. The van der Waals surface area contributed by atoms with Gasteiger partial charge in [0.25, 0.3) is 0 Å². The SMILES string of the molecule is Cc1nc2ccc(NC(=O)NC[C@@](C)(O)c3ccco3)cc2s1. The number of aryl methyl sites for hydroxylation is 1. The molecule has 6 nitrogen and oxygen atoms in total. The van der Waals surface area contributed by atoms with Crippen molar-refractivity contribution >= 4 is 33.3 Å². The molecule has 0 radical (unpaired) electrons. The van der Waals surface area contributed by atoms with Crippen molar-refractivity contribution in [2.45, 2.75) is 19.4 Å². The van der Waals surface area contributed by atoms with Gasteiger partial charge in [-0.25, -0.2) is 9.78 Å². The van der Waals surface area contributed by atoms with E-state index in [1.807, 2.05) is 19.1 Å². The molecule has 3 rings (SSSR count). The van der Waals surface area contributed by atoms with Crippen molar-refractivity contribution in [1.82, 2.24) is 10.3 Å². The molecular weight excluding hydrogens is 314 g/mol. The number of benzene rings is 1. The number of amides is 2. The van der Waals surface area contributed by atoms with Crippen LogP contribution in [0.3, 0.4) is 0 Å². The number of anilines is 1. The van der Waals surface area contributed by atoms with Gasteiger partial charge < -0.3 is 20.2 Å². The molecule has 0 aliphatic carbocycles. The molecular formula is C16H17N3O3S. The van der Waals surface area contributed by atoms with Crippen molar-refractivity contribution < 1.29 is 14.3 Å². The number of aliphatic hydroxyl groups is 1. The number of hydrogen-bond donors (Lipinski definition) is 3. The zero-order chi connectivity index (χ0) is 16.4. The van der Waals surface area contributed by atoms with Crippen LogP contribution in [-0.4, -0.2) is 22.7 Å². The lowest BCUT2D eigenvalue weighted by atomic mass is 10.0. The predicted molar refractivity (Wildman–Crippen MR) is 89.7 cm³/mol. The second-order valence-electron chi connectivity index (χ2n) is 5.47. The number of hydrogen-bond acceptors (Lipinski definition) is 5. The summed E-state index contributed by atoms with van der Waals surface area (Å²) in [6.07, 6.45) is 1.48. The van der Waals surface area contributed by atoms with Gasteiger partial charge in [0.15, 0.2) is 0 Å². The molecule has 0 saturated heterocycles. The first kappa shape index (κ1) is 15.5. The Morgan fingerprint density at radius 1 is 1.43 bits per heavy atom. The zero-order valence-corrected chi connectivity index (χ0v) is 13.6. The van der Waals surface area contributed by atoms with E-state index in [4.69, 9.17) is 4.42 Å². The normalized spacial score (nSPS) is 13.7. The summed E-state index contributed by atoms with van der Waals surface area (Å²) >= 11 is 1.57. The van der Waals surface area contributed by atoms with Crippen molar-refractivity contribution in [2.75, 3.05) is 11.9 Å². The molecule has 0 saturated carbocycles. The number of nitrogens with one attached hydrogen (secondary N) is 2. The number of carbonyl (C=O) groups is 1. The molecule has 2 amide bonds. The van der Waals surface area contributed by atoms with Crippen molar-refractivity contribution in [2.24, 2.45) is 0 Å². The quantitative estimate of drug-likeness (QED) is 0.685. The fourth-order valence-corrected chi connectivity index (χ4v) is 3.08. The van der Waals surface area contributed by atoms with Crippen LogP contribution in [0.5, 0.6) is 0 Å². The maximum atomic E-state index is 12.0. The Kier molecular flexibility index (Phi) is 4.06. The average Bonchev–Trinajstić information content (AvgIpc) is 3.13. The maximum absolute atomic E-state index is 12.0. The molecule has 0 fully saturated rings. The molecule has 120 valence electrons. The molecule has 7 heteroatoms. The molecule has 2 heterocycles. The number of aromatic nitrogens is 1. The molecule has 0 aliphatic heterocycles. The Hall–Kier alpha value is -2.38. The molecule has 0 bridgehead atoms. The summed E-state index contributed by atoms with van der Waals surface area (Å²) < 4.78 is 6.19. The number of urea groups is 1. The van der Waals surface area contributed by atoms with Crippen LogP contribution in [-0.2, 0) is 5.60 Å². The fourth-order valence-electron chi connectivity index (χ4n) is 2.22. The highest BCUT2D eigenvalue weighted by molar-refractivity contribution is 7.18. The third kappa shape index (κ3) is 3.52. The van der Waals surface area contributed by atoms with Crippen LogP contribution < -0.4 is 10.6 Å². The Balaban J connectivity index is 1.62. The fraction of sp³-hybridized carbons (Fsp3) is 0.250. The van der Waals surface area contributed by atoms with Crippen LogP contribution in [0.25, 0.3) is 10.2 Å². The lowest BCUT2D eigenvalue weighted by molar-refractivity contribution is 0.0372. The van der Waals surface area contributed by atoms with Gasteiger partial charge in [-0.15, -0.1) is 11.3 Å². The molecule has 2 aromatic heterocycles. The first-order valence-corrected chi connectivity index (χ1v) is 7.94. The Labute approximate surface area is 137 Å². The van der Waals surface area contributed by atoms with Crippen LogP contribution in [0.2, 0.25) is 0 Å². The molecule has 1 atom stereocenters. The van der Waals surface area contributed by atoms with Gasteiger partial charge in [-0.05, 0) is 44.2 Å². The standard InChI is InChI=1S/C16H17N3O3S/c1-10-18-12-6-5-11(8-13(12)23-10)19-15(20)17-9-16(2,21)14-4-3-7-22-14/h3-8,21H,9H2,1-2H3,(H2,17,19,20)/t16-/m1/s1. The van der Waals surface area contributed by atoms with Gasteiger partial charge in [-0.3, -0.25) is 0 Å². The Morgan fingerprint density at radius 2 is 2.26 bits per heavy atom. The molecule has 3 N–H and O–H groups in total. The van der Waals surface area contributed by atoms with Gasteiger partial charge in [0.05, 0.1) is 28.0 Å². The summed E-state index contributed by atoms with van der Waals surface area (Å²) in [5.74, 6) is 0.402. The van der Waals surface area contributed by atoms with Gasteiger partial charge in [-0.1, -0.05) is 0 Å². The second-order valence-corrected chi connectivity index (χ2v) is 6.71. The first-order chi connectivity index (χ1) is 10.9. The molecule has 0 unspecified atom stereocenters. The average molecular weight is 331 g/mol. The first-order valence-electron chi connectivity index (χ1n) is 7.12. The minimum atomic E-state index is -1.26. The van der Waals surface area contributed by atoms with E-state index in [1.54, 1.807) is 36.5 Å². The molecule has 0 spiro atoms. The van der Waals surface area contributed by atoms with Crippen molar-refractivity contribution in [3.8, 4) is 0 Å². The van der Waals surface area contributed by atoms with Crippen molar-refractivity contribution in [3.63, 3.8) is 0 Å². The highest BCUT2D eigenvalue weighted by atomic mass is 32.1. The van der Waals surface area contributed by atoms with E-state index in [9.17, 15) is 9.90 Å². The third-order valence-electron chi connectivity index (χ3n) is 3.40. The lowest BCUT2D eigenvalue weighted by Crippen LogP contribution is -2.40. The molecule has 0 aliphatic rings. The smallest absolute Gasteiger partial charge is 0.319 e. The van der Waals surface area contributed by atoms with Crippen molar-refractivity contribution in [3.05, 3.63) is 47.4 Å². The van der Waals surface area contributed by atoms with Crippen LogP contribution in [0.15, 0.2) is 41.0 Å². The Morgan fingerprint density at radius 3 is 3.00 bits per heavy atom. The highest BCUT2D eigenvalue weighted by Crippen LogP contribution is 2.25. The second kappa shape index (κ2) is 6.02. The van der Waals surface area contributed by atoms with E-state index < -0.39 is 11.6 Å². The molecule has 1 aromatic carbocycles. The van der Waals surface area contributed by atoms with Gasteiger partial charge in [0.1, 0.15) is 11.4 Å². The van der Waals surface area contributed by atoms with Gasteiger partial charge >= 0.3 is 6.03 Å². The number of furan rings is 1. The predicted octanol–water partition coefficient (Wildman–Crippen LogP) is 3.23. The highest BCUT2D eigenvalue weighted by Gasteiger charge is 2.26. The van der Waals surface area contributed by atoms with E-state index in [0.29, 0.717) is 11.4 Å². The minimum absolute atomic E-state index is 0.0360. The van der Waals surface area contributed by atoms with E-state index in [0.717, 1.165) is 15.2 Å². The van der Waals surface area contributed by atoms with Crippen LogP contribution >= 0.6 is 11.3 Å². The lowest BCUT2D eigenvalue weighted by Gasteiger charge is -2.21. The monoisotopic (exact) mass is 331 g/mol. The van der Waals surface area contributed by atoms with E-state index in [-0.39, 0.29) is 6.54 Å². The van der Waals surface area contributed by atoms with Crippen LogP contribution in [0.4, 0.5) is 10.5 Å². The van der Waals surface area contributed by atoms with E-state index in [2.05, 4.69) is 15.6 Å². The summed E-state index contributed by atoms with van der Waals surface area (Å²) in [4.78, 5) is 16.4. The van der Waals surface area contributed by atoms with Gasteiger partial charge in [0, 0.05) is 5.69 Å². The number of nitrogens with zero attached hydrogens (tertiary/aromatic N) is 1. The van der Waals surface area contributed by atoms with Gasteiger partial charge in [0.2, 0.25) is 0 Å². The van der Waals surface area contributed by atoms with Crippen LogP contribution in [0.1, 0.15) is 17.7 Å². The summed E-state index contributed by atoms with van der Waals surface area (Å²) in [5.41, 5.74) is 0.329. The molecule has 3 aromatic rings. The van der Waals surface area contributed by atoms with Crippen molar-refractivity contribution in [1.29, 1.82) is 0 Å². The summed E-state index contributed by atoms with van der Waals surface area (Å²) in [7, 11) is 0. The summed E-state index contributed by atoms with van der Waals surface area (Å²) in [6, 6.07) is 8.51. The van der Waals surface area contributed by atoms with Crippen LogP contribution in [0, 0.1) is 6.92 Å². The topological polar surface area (TPSA) is 87.4 Å². The minimum Gasteiger partial charge on any atom is -0.466 e. The summed E-state index contributed by atoms with van der Waals surface area (Å²) in [6.45, 7) is 3.56. The van der Waals surface area contributed by atoms with E-state index in [1.165, 1.54) is 6.26 Å². The Bertz CT molecular complexity index is 824. The third-order valence-corrected chi connectivity index (χ3v) is 4.33. The zero-order valence-electron chi connectivity index (χ0n) is 12.8. The van der Waals surface area contributed by atoms with E-state index >= 15 is 0 Å². The number of carbonyl (C=O) groups excluding carboxylic acids is 1. The van der Waals surface area contributed by atoms with Gasteiger partial charge in [-0.2, -0.15) is 0 Å². The number of rotatable bonds is 4. The number of fused-ring (bicyclic) bond motifs is 1.